The Bertz CT molecular complexity index is 677. The Kier molecular flexibility index (Phi) is 6.04. The van der Waals surface area contributed by atoms with Crippen molar-refractivity contribution < 1.29 is 13.2 Å². The highest BCUT2D eigenvalue weighted by Crippen LogP contribution is 2.27. The van der Waals surface area contributed by atoms with Gasteiger partial charge in [-0.3, -0.25) is 4.79 Å². The lowest BCUT2D eigenvalue weighted by atomic mass is 9.86. The van der Waals surface area contributed by atoms with Crippen molar-refractivity contribution in [1.82, 2.24) is 9.62 Å². The van der Waals surface area contributed by atoms with Gasteiger partial charge in [0.2, 0.25) is 10.0 Å². The van der Waals surface area contributed by atoms with Gasteiger partial charge in [-0.15, -0.1) is 0 Å². The van der Waals surface area contributed by atoms with E-state index >= 15 is 0 Å². The summed E-state index contributed by atoms with van der Waals surface area (Å²) in [5, 5.41) is 0. The molecule has 1 aromatic carbocycles. The Morgan fingerprint density at radius 1 is 1.21 bits per heavy atom. The van der Waals surface area contributed by atoms with Gasteiger partial charge in [-0.25, -0.2) is 13.1 Å². The van der Waals surface area contributed by atoms with Gasteiger partial charge in [-0.05, 0) is 63.6 Å². The monoisotopic (exact) mass is 352 g/mol. The fraction of sp³-hybridized carbons (Fsp3) is 0.611. The third kappa shape index (κ3) is 4.57. The first kappa shape index (κ1) is 18.9. The van der Waals surface area contributed by atoms with E-state index < -0.39 is 10.0 Å². The van der Waals surface area contributed by atoms with E-state index in [1.807, 2.05) is 7.05 Å². The summed E-state index contributed by atoms with van der Waals surface area (Å²) in [6.07, 6.45) is 4.29. The Labute approximate surface area is 145 Å². The number of carbonyl (C=O) groups excluding carboxylic acids is 1. The van der Waals surface area contributed by atoms with Crippen LogP contribution in [0.5, 0.6) is 0 Å². The Morgan fingerprint density at radius 2 is 1.83 bits per heavy atom. The number of sulfonamides is 1. The SMILES string of the molecule is CC1CCC(N(C)C(=O)c2cccc(S(=O)(=O)NC(C)C)c2)CC1. The minimum atomic E-state index is -3.59. The molecule has 2 rings (SSSR count). The van der Waals surface area contributed by atoms with Gasteiger partial charge >= 0.3 is 0 Å². The van der Waals surface area contributed by atoms with Crippen LogP contribution < -0.4 is 4.72 Å². The number of rotatable bonds is 5. The molecule has 0 radical (unpaired) electrons. The molecule has 1 amide bonds. The molecule has 24 heavy (non-hydrogen) atoms. The summed E-state index contributed by atoms with van der Waals surface area (Å²) in [5.41, 5.74) is 0.419. The zero-order valence-corrected chi connectivity index (χ0v) is 15.8. The molecule has 1 aliphatic rings. The van der Waals surface area contributed by atoms with E-state index in [-0.39, 0.29) is 22.9 Å². The number of nitrogens with zero attached hydrogens (tertiary/aromatic N) is 1. The highest BCUT2D eigenvalue weighted by molar-refractivity contribution is 7.89. The summed E-state index contributed by atoms with van der Waals surface area (Å²) in [7, 11) is -1.78. The van der Waals surface area contributed by atoms with Crippen LogP contribution in [0, 0.1) is 5.92 Å². The zero-order valence-electron chi connectivity index (χ0n) is 15.0. The molecule has 1 saturated carbocycles. The number of carbonyl (C=O) groups is 1. The van der Waals surface area contributed by atoms with Crippen molar-refractivity contribution in [2.45, 2.75) is 63.4 Å². The molecule has 1 fully saturated rings. The summed E-state index contributed by atoms with van der Waals surface area (Å²) >= 11 is 0. The molecule has 6 heteroatoms. The maximum Gasteiger partial charge on any atom is 0.253 e. The molecule has 134 valence electrons. The average molecular weight is 353 g/mol. The lowest BCUT2D eigenvalue weighted by molar-refractivity contribution is 0.0679. The number of benzene rings is 1. The third-order valence-corrected chi connectivity index (χ3v) is 6.29. The second kappa shape index (κ2) is 7.66. The number of nitrogens with one attached hydrogen (secondary N) is 1. The quantitative estimate of drug-likeness (QED) is 0.886. The largest absolute Gasteiger partial charge is 0.339 e. The van der Waals surface area contributed by atoms with Crippen LogP contribution in [0.1, 0.15) is 56.8 Å². The average Bonchev–Trinajstić information content (AvgIpc) is 2.53. The van der Waals surface area contributed by atoms with Crippen LogP contribution in [0.3, 0.4) is 0 Å². The molecule has 0 saturated heterocycles. The van der Waals surface area contributed by atoms with Gasteiger partial charge in [-0.2, -0.15) is 0 Å². The van der Waals surface area contributed by atoms with E-state index in [1.54, 1.807) is 30.9 Å². The van der Waals surface area contributed by atoms with Gasteiger partial charge in [-0.1, -0.05) is 13.0 Å². The summed E-state index contributed by atoms with van der Waals surface area (Å²) in [5.74, 6) is 0.608. The van der Waals surface area contributed by atoms with Gasteiger partial charge in [0.25, 0.3) is 5.91 Å². The second-order valence-electron chi connectivity index (χ2n) is 7.13. The van der Waals surface area contributed by atoms with Gasteiger partial charge in [0, 0.05) is 24.7 Å². The van der Waals surface area contributed by atoms with Crippen LogP contribution in [-0.2, 0) is 10.0 Å². The maximum atomic E-state index is 12.7. The van der Waals surface area contributed by atoms with Crippen LogP contribution in [-0.4, -0.2) is 38.4 Å². The topological polar surface area (TPSA) is 66.5 Å². The molecule has 5 nitrogen and oxygen atoms in total. The van der Waals surface area contributed by atoms with Crippen LogP contribution >= 0.6 is 0 Å². The molecule has 0 bridgehead atoms. The molecule has 1 aromatic rings. The lowest BCUT2D eigenvalue weighted by Gasteiger charge is -2.33. The Morgan fingerprint density at radius 3 is 2.42 bits per heavy atom. The number of hydrogen-bond acceptors (Lipinski definition) is 3. The van der Waals surface area contributed by atoms with Crippen molar-refractivity contribution in [2.75, 3.05) is 7.05 Å². The molecular weight excluding hydrogens is 324 g/mol. The van der Waals surface area contributed by atoms with Gasteiger partial charge in [0.05, 0.1) is 4.90 Å². The summed E-state index contributed by atoms with van der Waals surface area (Å²) in [6.45, 7) is 5.78. The maximum absolute atomic E-state index is 12.7. The van der Waals surface area contributed by atoms with E-state index in [2.05, 4.69) is 11.6 Å². The third-order valence-electron chi connectivity index (χ3n) is 4.64. The van der Waals surface area contributed by atoms with Crippen molar-refractivity contribution in [3.63, 3.8) is 0 Å². The molecule has 0 aliphatic heterocycles. The van der Waals surface area contributed by atoms with Gasteiger partial charge in [0.15, 0.2) is 0 Å². The molecular formula is C18H28N2O3S. The summed E-state index contributed by atoms with van der Waals surface area (Å²) in [6, 6.07) is 6.33. The van der Waals surface area contributed by atoms with Crippen LogP contribution in [0.2, 0.25) is 0 Å². The zero-order chi connectivity index (χ0) is 17.9. The van der Waals surface area contributed by atoms with E-state index in [9.17, 15) is 13.2 Å². The fourth-order valence-corrected chi connectivity index (χ4v) is 4.47. The second-order valence-corrected chi connectivity index (χ2v) is 8.85. The van der Waals surface area contributed by atoms with Crippen LogP contribution in [0.15, 0.2) is 29.2 Å². The predicted molar refractivity (Wildman–Crippen MR) is 95.4 cm³/mol. The van der Waals surface area contributed by atoms with Gasteiger partial charge < -0.3 is 4.90 Å². The van der Waals surface area contributed by atoms with Crippen molar-refractivity contribution in [3.8, 4) is 0 Å². The molecule has 0 atom stereocenters. The van der Waals surface area contributed by atoms with E-state index in [0.717, 1.165) is 31.6 Å². The van der Waals surface area contributed by atoms with Crippen molar-refractivity contribution in [3.05, 3.63) is 29.8 Å². The Hall–Kier alpha value is -1.40. The summed E-state index contributed by atoms with van der Waals surface area (Å²) in [4.78, 5) is 14.6. The standard InChI is InChI=1S/C18H28N2O3S/c1-13(2)19-24(22,23)17-7-5-6-15(12-17)18(21)20(4)16-10-8-14(3)9-11-16/h5-7,12-14,16,19H,8-11H2,1-4H3. The van der Waals surface area contributed by atoms with E-state index in [4.69, 9.17) is 0 Å². The van der Waals surface area contributed by atoms with Gasteiger partial charge in [0.1, 0.15) is 0 Å². The Balaban J connectivity index is 2.17. The van der Waals surface area contributed by atoms with E-state index in [1.165, 1.54) is 12.1 Å². The molecule has 0 aromatic heterocycles. The van der Waals surface area contributed by atoms with E-state index in [0.29, 0.717) is 5.56 Å². The van der Waals surface area contributed by atoms with Crippen molar-refractivity contribution in [2.24, 2.45) is 5.92 Å². The van der Waals surface area contributed by atoms with Crippen molar-refractivity contribution >= 4 is 15.9 Å². The molecule has 0 unspecified atom stereocenters. The molecule has 0 spiro atoms. The minimum absolute atomic E-state index is 0.115. The smallest absolute Gasteiger partial charge is 0.253 e. The molecule has 1 N–H and O–H groups in total. The number of amides is 1. The first-order chi connectivity index (χ1) is 11.2. The first-order valence-corrected chi connectivity index (χ1v) is 10.1. The van der Waals surface area contributed by atoms with Crippen molar-refractivity contribution in [1.29, 1.82) is 0 Å². The van der Waals surface area contributed by atoms with Crippen LogP contribution in [0.4, 0.5) is 0 Å². The highest BCUT2D eigenvalue weighted by atomic mass is 32.2. The normalized spacial score (nSPS) is 21.7. The lowest BCUT2D eigenvalue weighted by Crippen LogP contribution is -2.39. The minimum Gasteiger partial charge on any atom is -0.339 e. The first-order valence-electron chi connectivity index (χ1n) is 8.60. The van der Waals surface area contributed by atoms with Crippen LogP contribution in [0.25, 0.3) is 0 Å². The molecule has 1 aliphatic carbocycles. The predicted octanol–water partition coefficient (Wildman–Crippen LogP) is 3.02. The fourth-order valence-electron chi connectivity index (χ4n) is 3.17. The number of hydrogen-bond donors (Lipinski definition) is 1. The highest BCUT2D eigenvalue weighted by Gasteiger charge is 2.26. The molecule has 0 heterocycles. The summed E-state index contributed by atoms with van der Waals surface area (Å²) < 4.78 is 27.1.